The van der Waals surface area contributed by atoms with Crippen LogP contribution in [0, 0.1) is 11.8 Å². The molecule has 0 radical (unpaired) electrons. The van der Waals surface area contributed by atoms with Crippen LogP contribution in [-0.2, 0) is 0 Å². The fourth-order valence-electron chi connectivity index (χ4n) is 3.01. The minimum absolute atomic E-state index is 0.470. The van der Waals surface area contributed by atoms with Gasteiger partial charge >= 0.3 is 0 Å². The molecule has 3 N–H and O–H groups in total. The van der Waals surface area contributed by atoms with E-state index in [-0.39, 0.29) is 0 Å². The normalized spacial score (nSPS) is 25.0. The molecule has 2 aromatic rings. The van der Waals surface area contributed by atoms with Gasteiger partial charge < -0.3 is 11.1 Å². The van der Waals surface area contributed by atoms with Gasteiger partial charge in [-0.25, -0.2) is 9.97 Å². The van der Waals surface area contributed by atoms with Crippen LogP contribution < -0.4 is 11.1 Å². The Hall–Kier alpha value is -2.10. The number of hydrogen-bond acceptors (Lipinski definition) is 4. The van der Waals surface area contributed by atoms with E-state index in [1.54, 1.807) is 0 Å². The Kier molecular flexibility index (Phi) is 3.78. The van der Waals surface area contributed by atoms with E-state index in [9.17, 15) is 0 Å². The molecule has 110 valence electrons. The maximum absolute atomic E-state index is 5.94. The maximum atomic E-state index is 5.94. The van der Waals surface area contributed by atoms with Crippen molar-refractivity contribution in [3.8, 4) is 11.4 Å². The van der Waals surface area contributed by atoms with Gasteiger partial charge in [0, 0.05) is 17.7 Å². The highest BCUT2D eigenvalue weighted by molar-refractivity contribution is 5.60. The molecular weight excluding hydrogens is 260 g/mol. The first-order valence-corrected chi connectivity index (χ1v) is 7.60. The molecule has 4 heteroatoms. The molecular formula is C17H22N4. The van der Waals surface area contributed by atoms with Crippen molar-refractivity contribution in [1.29, 1.82) is 0 Å². The highest BCUT2D eigenvalue weighted by atomic mass is 15.1. The molecule has 1 aromatic heterocycles. The molecule has 0 bridgehead atoms. The Morgan fingerprint density at radius 2 is 1.86 bits per heavy atom. The predicted octanol–water partition coefficient (Wildman–Crippen LogP) is 3.57. The number of aromatic nitrogens is 2. The Bertz CT molecular complexity index is 611. The molecule has 1 saturated carbocycles. The van der Waals surface area contributed by atoms with Gasteiger partial charge in [-0.05, 0) is 24.7 Å². The second-order valence-corrected chi connectivity index (χ2v) is 6.03. The molecule has 0 saturated heterocycles. The Labute approximate surface area is 125 Å². The zero-order valence-corrected chi connectivity index (χ0v) is 12.6. The average Bonchev–Trinajstić information content (AvgIpc) is 2.80. The van der Waals surface area contributed by atoms with Crippen molar-refractivity contribution in [2.45, 2.75) is 32.7 Å². The van der Waals surface area contributed by atoms with Crippen LogP contribution >= 0.6 is 0 Å². The number of rotatable bonds is 3. The third-order valence-corrected chi connectivity index (χ3v) is 4.58. The molecule has 3 unspecified atom stereocenters. The van der Waals surface area contributed by atoms with Crippen molar-refractivity contribution in [2.75, 3.05) is 11.1 Å². The summed E-state index contributed by atoms with van der Waals surface area (Å²) in [5.74, 6) is 3.42. The van der Waals surface area contributed by atoms with Crippen LogP contribution in [-0.4, -0.2) is 16.0 Å². The van der Waals surface area contributed by atoms with Crippen LogP contribution in [0.3, 0.4) is 0 Å². The molecule has 1 aliphatic carbocycles. The van der Waals surface area contributed by atoms with Crippen molar-refractivity contribution in [3.63, 3.8) is 0 Å². The first-order chi connectivity index (χ1) is 10.1. The van der Waals surface area contributed by atoms with E-state index in [1.165, 1.54) is 12.8 Å². The second kappa shape index (κ2) is 5.72. The van der Waals surface area contributed by atoms with Gasteiger partial charge in [-0.3, -0.25) is 0 Å². The van der Waals surface area contributed by atoms with Crippen molar-refractivity contribution in [2.24, 2.45) is 11.8 Å². The number of nitrogens with one attached hydrogen (secondary N) is 1. The van der Waals surface area contributed by atoms with Crippen LogP contribution in [0.15, 0.2) is 36.4 Å². The van der Waals surface area contributed by atoms with Gasteiger partial charge in [0.25, 0.3) is 0 Å². The molecule has 3 atom stereocenters. The van der Waals surface area contributed by atoms with E-state index in [1.807, 2.05) is 36.4 Å². The topological polar surface area (TPSA) is 63.8 Å². The Morgan fingerprint density at radius 1 is 1.10 bits per heavy atom. The smallest absolute Gasteiger partial charge is 0.163 e. The number of nitrogen functional groups attached to an aromatic ring is 1. The summed E-state index contributed by atoms with van der Waals surface area (Å²) in [6.45, 7) is 4.62. The zero-order chi connectivity index (χ0) is 14.8. The fraction of sp³-hybridized carbons (Fsp3) is 0.412. The van der Waals surface area contributed by atoms with Crippen LogP contribution in [0.4, 0.5) is 11.6 Å². The first-order valence-electron chi connectivity index (χ1n) is 7.60. The molecule has 1 aliphatic rings. The SMILES string of the molecule is CC1CCC(Nc2cc(N)nc(-c3ccccc3)n2)C1C. The lowest BCUT2D eigenvalue weighted by atomic mass is 9.98. The van der Waals surface area contributed by atoms with Crippen LogP contribution in [0.5, 0.6) is 0 Å². The molecule has 3 rings (SSSR count). The van der Waals surface area contributed by atoms with E-state index in [2.05, 4.69) is 29.1 Å². The molecule has 0 aliphatic heterocycles. The minimum atomic E-state index is 0.470. The van der Waals surface area contributed by atoms with Crippen molar-refractivity contribution < 1.29 is 0 Å². The van der Waals surface area contributed by atoms with E-state index in [4.69, 9.17) is 5.73 Å². The highest BCUT2D eigenvalue weighted by Crippen LogP contribution is 2.33. The number of anilines is 2. The Balaban J connectivity index is 1.85. The largest absolute Gasteiger partial charge is 0.384 e. The summed E-state index contributed by atoms with van der Waals surface area (Å²) >= 11 is 0. The summed E-state index contributed by atoms with van der Waals surface area (Å²) in [7, 11) is 0. The molecule has 1 fully saturated rings. The summed E-state index contributed by atoms with van der Waals surface area (Å²) < 4.78 is 0. The average molecular weight is 282 g/mol. The summed E-state index contributed by atoms with van der Waals surface area (Å²) in [6.07, 6.45) is 2.46. The second-order valence-electron chi connectivity index (χ2n) is 6.03. The molecule has 0 spiro atoms. The van der Waals surface area contributed by atoms with E-state index < -0.39 is 0 Å². The Morgan fingerprint density at radius 3 is 2.52 bits per heavy atom. The minimum Gasteiger partial charge on any atom is -0.384 e. The standard InChI is InChI=1S/C17H22N4/c1-11-8-9-14(12(11)2)19-16-10-15(18)20-17(21-16)13-6-4-3-5-7-13/h3-7,10-12,14H,8-9H2,1-2H3,(H3,18,19,20,21). The third kappa shape index (κ3) is 2.99. The molecule has 4 nitrogen and oxygen atoms in total. The highest BCUT2D eigenvalue weighted by Gasteiger charge is 2.29. The van der Waals surface area contributed by atoms with Crippen LogP contribution in [0.2, 0.25) is 0 Å². The van der Waals surface area contributed by atoms with Gasteiger partial charge in [0.1, 0.15) is 11.6 Å². The summed E-state index contributed by atoms with van der Waals surface area (Å²) in [5.41, 5.74) is 6.93. The van der Waals surface area contributed by atoms with Crippen LogP contribution in [0.1, 0.15) is 26.7 Å². The van der Waals surface area contributed by atoms with Crippen LogP contribution in [0.25, 0.3) is 11.4 Å². The molecule has 1 aromatic carbocycles. The lowest BCUT2D eigenvalue weighted by molar-refractivity contribution is 0.435. The molecule has 0 amide bonds. The summed E-state index contributed by atoms with van der Waals surface area (Å²) in [5, 5.41) is 3.54. The van der Waals surface area contributed by atoms with Crippen molar-refractivity contribution in [1.82, 2.24) is 9.97 Å². The molecule has 1 heterocycles. The third-order valence-electron chi connectivity index (χ3n) is 4.58. The first kappa shape index (κ1) is 13.9. The monoisotopic (exact) mass is 282 g/mol. The summed E-state index contributed by atoms with van der Waals surface area (Å²) in [4.78, 5) is 8.96. The quantitative estimate of drug-likeness (QED) is 0.903. The lowest BCUT2D eigenvalue weighted by Gasteiger charge is -2.20. The number of nitrogens with two attached hydrogens (primary N) is 1. The van der Waals surface area contributed by atoms with Gasteiger partial charge in [0.05, 0.1) is 0 Å². The van der Waals surface area contributed by atoms with Gasteiger partial charge in [-0.1, -0.05) is 44.2 Å². The number of hydrogen-bond donors (Lipinski definition) is 2. The zero-order valence-electron chi connectivity index (χ0n) is 12.6. The maximum Gasteiger partial charge on any atom is 0.163 e. The van der Waals surface area contributed by atoms with Gasteiger partial charge in [0.2, 0.25) is 0 Å². The fourth-order valence-corrected chi connectivity index (χ4v) is 3.01. The molecule has 21 heavy (non-hydrogen) atoms. The van der Waals surface area contributed by atoms with Gasteiger partial charge in [0.15, 0.2) is 5.82 Å². The van der Waals surface area contributed by atoms with E-state index in [0.29, 0.717) is 23.6 Å². The summed E-state index contributed by atoms with van der Waals surface area (Å²) in [6, 6.07) is 12.2. The number of nitrogens with zero attached hydrogens (tertiary/aromatic N) is 2. The predicted molar refractivity (Wildman–Crippen MR) is 86.9 cm³/mol. The number of benzene rings is 1. The van der Waals surface area contributed by atoms with E-state index >= 15 is 0 Å². The van der Waals surface area contributed by atoms with Crippen molar-refractivity contribution >= 4 is 11.6 Å². The van der Waals surface area contributed by atoms with Crippen molar-refractivity contribution in [3.05, 3.63) is 36.4 Å². The van der Waals surface area contributed by atoms with E-state index in [0.717, 1.165) is 17.3 Å². The van der Waals surface area contributed by atoms with Gasteiger partial charge in [-0.2, -0.15) is 0 Å². The van der Waals surface area contributed by atoms with Gasteiger partial charge in [-0.15, -0.1) is 0 Å². The lowest BCUT2D eigenvalue weighted by Crippen LogP contribution is -2.24.